The van der Waals surface area contributed by atoms with Crippen LogP contribution in [0.4, 0.5) is 0 Å². The Morgan fingerprint density at radius 3 is 2.63 bits per heavy atom. The zero-order chi connectivity index (χ0) is 19.1. The molecule has 2 heterocycles. The SMILES string of the molecule is CCOc1ccc(CC(=O)N2CCCC(Oc3nccnc3OC)C2)cc1. The van der Waals surface area contributed by atoms with Crippen molar-refractivity contribution in [2.75, 3.05) is 26.8 Å². The molecule has 1 fully saturated rings. The number of hydrogen-bond donors (Lipinski definition) is 0. The van der Waals surface area contributed by atoms with Crippen molar-refractivity contribution in [3.05, 3.63) is 42.2 Å². The number of piperidine rings is 1. The fourth-order valence-corrected chi connectivity index (χ4v) is 3.11. The molecule has 1 amide bonds. The Morgan fingerprint density at radius 1 is 1.19 bits per heavy atom. The largest absolute Gasteiger partial charge is 0.494 e. The Balaban J connectivity index is 1.57. The van der Waals surface area contributed by atoms with E-state index in [1.807, 2.05) is 36.1 Å². The number of hydrogen-bond acceptors (Lipinski definition) is 6. The minimum Gasteiger partial charge on any atom is -0.494 e. The van der Waals surface area contributed by atoms with Crippen molar-refractivity contribution in [1.82, 2.24) is 14.9 Å². The molecule has 0 bridgehead atoms. The highest BCUT2D eigenvalue weighted by molar-refractivity contribution is 5.79. The third kappa shape index (κ3) is 5.09. The van der Waals surface area contributed by atoms with Gasteiger partial charge in [-0.1, -0.05) is 12.1 Å². The lowest BCUT2D eigenvalue weighted by molar-refractivity contribution is -0.133. The molecule has 27 heavy (non-hydrogen) atoms. The second kappa shape index (κ2) is 9.21. The molecule has 1 aliphatic heterocycles. The van der Waals surface area contributed by atoms with Gasteiger partial charge in [-0.05, 0) is 37.5 Å². The molecule has 1 aromatic heterocycles. The number of likely N-dealkylation sites (tertiary alicyclic amines) is 1. The minimum atomic E-state index is -0.117. The number of aromatic nitrogens is 2. The quantitative estimate of drug-likeness (QED) is 0.745. The molecule has 1 saturated heterocycles. The molecule has 0 saturated carbocycles. The summed E-state index contributed by atoms with van der Waals surface area (Å²) in [4.78, 5) is 22.8. The van der Waals surface area contributed by atoms with Crippen LogP contribution in [0.25, 0.3) is 0 Å². The predicted octanol–water partition coefficient (Wildman–Crippen LogP) is 2.50. The van der Waals surface area contributed by atoms with Gasteiger partial charge in [-0.2, -0.15) is 0 Å². The molecule has 1 unspecified atom stereocenters. The number of carbonyl (C=O) groups excluding carboxylic acids is 1. The van der Waals surface area contributed by atoms with Crippen molar-refractivity contribution < 1.29 is 19.0 Å². The van der Waals surface area contributed by atoms with Gasteiger partial charge in [0.1, 0.15) is 11.9 Å². The van der Waals surface area contributed by atoms with Gasteiger partial charge in [-0.25, -0.2) is 9.97 Å². The van der Waals surface area contributed by atoms with Crippen LogP contribution in [0.5, 0.6) is 17.5 Å². The third-order valence-electron chi connectivity index (χ3n) is 4.43. The Bertz CT molecular complexity index is 751. The number of carbonyl (C=O) groups is 1. The van der Waals surface area contributed by atoms with Gasteiger partial charge >= 0.3 is 0 Å². The monoisotopic (exact) mass is 371 g/mol. The standard InChI is InChI=1S/C20H25N3O4/c1-3-26-16-8-6-15(7-9-16)13-18(24)23-12-4-5-17(14-23)27-20-19(25-2)21-10-11-22-20/h6-11,17H,3-5,12-14H2,1-2H3. The fraction of sp³-hybridized carbons (Fsp3) is 0.450. The zero-order valence-corrected chi connectivity index (χ0v) is 15.8. The highest BCUT2D eigenvalue weighted by Gasteiger charge is 2.26. The second-order valence-corrected chi connectivity index (χ2v) is 6.35. The Hall–Kier alpha value is -2.83. The van der Waals surface area contributed by atoms with Crippen LogP contribution in [0, 0.1) is 0 Å². The summed E-state index contributed by atoms with van der Waals surface area (Å²) in [7, 11) is 1.53. The van der Waals surface area contributed by atoms with Gasteiger partial charge in [0, 0.05) is 18.9 Å². The maximum atomic E-state index is 12.7. The number of nitrogens with zero attached hydrogens (tertiary/aromatic N) is 3. The minimum absolute atomic E-state index is 0.0959. The van der Waals surface area contributed by atoms with Crippen LogP contribution < -0.4 is 14.2 Å². The number of rotatable bonds is 7. The van der Waals surface area contributed by atoms with Crippen LogP contribution >= 0.6 is 0 Å². The molecule has 7 heteroatoms. The van der Waals surface area contributed by atoms with Crippen LogP contribution in [0.3, 0.4) is 0 Å². The van der Waals surface area contributed by atoms with Crippen molar-refractivity contribution in [1.29, 1.82) is 0 Å². The van der Waals surface area contributed by atoms with Crippen molar-refractivity contribution in [3.63, 3.8) is 0 Å². The fourth-order valence-electron chi connectivity index (χ4n) is 3.11. The lowest BCUT2D eigenvalue weighted by Gasteiger charge is -2.32. The normalized spacial score (nSPS) is 16.7. The summed E-state index contributed by atoms with van der Waals surface area (Å²) in [5.41, 5.74) is 0.974. The predicted molar refractivity (Wildman–Crippen MR) is 100 cm³/mol. The molecule has 144 valence electrons. The van der Waals surface area contributed by atoms with E-state index in [2.05, 4.69) is 9.97 Å². The van der Waals surface area contributed by atoms with E-state index < -0.39 is 0 Å². The number of amides is 1. The van der Waals surface area contributed by atoms with E-state index in [4.69, 9.17) is 14.2 Å². The highest BCUT2D eigenvalue weighted by Crippen LogP contribution is 2.24. The van der Waals surface area contributed by atoms with Crippen LogP contribution in [0.15, 0.2) is 36.7 Å². The van der Waals surface area contributed by atoms with Gasteiger partial charge in [0.15, 0.2) is 0 Å². The summed E-state index contributed by atoms with van der Waals surface area (Å²) in [5.74, 6) is 1.64. The molecular weight excluding hydrogens is 346 g/mol. The van der Waals surface area contributed by atoms with E-state index >= 15 is 0 Å². The van der Waals surface area contributed by atoms with Gasteiger partial charge in [-0.3, -0.25) is 4.79 Å². The molecule has 7 nitrogen and oxygen atoms in total. The van der Waals surface area contributed by atoms with Gasteiger partial charge in [0.05, 0.1) is 26.7 Å². The first-order chi connectivity index (χ1) is 13.2. The molecule has 0 spiro atoms. The maximum Gasteiger partial charge on any atom is 0.278 e. The third-order valence-corrected chi connectivity index (χ3v) is 4.43. The summed E-state index contributed by atoms with van der Waals surface area (Å²) in [6, 6.07) is 7.67. The molecule has 0 N–H and O–H groups in total. The second-order valence-electron chi connectivity index (χ2n) is 6.35. The maximum absolute atomic E-state index is 12.7. The van der Waals surface area contributed by atoms with Crippen LogP contribution in [-0.4, -0.2) is 53.7 Å². The zero-order valence-electron chi connectivity index (χ0n) is 15.8. The van der Waals surface area contributed by atoms with Crippen molar-refractivity contribution in [3.8, 4) is 17.5 Å². The van der Waals surface area contributed by atoms with E-state index in [0.29, 0.717) is 31.3 Å². The number of benzene rings is 1. The van der Waals surface area contributed by atoms with Crippen molar-refractivity contribution >= 4 is 5.91 Å². The van der Waals surface area contributed by atoms with E-state index in [-0.39, 0.29) is 12.0 Å². The first-order valence-corrected chi connectivity index (χ1v) is 9.20. The van der Waals surface area contributed by atoms with Crippen LogP contribution in [-0.2, 0) is 11.2 Å². The van der Waals surface area contributed by atoms with Crippen LogP contribution in [0.1, 0.15) is 25.3 Å². The summed E-state index contributed by atoms with van der Waals surface area (Å²) in [5, 5.41) is 0. The van der Waals surface area contributed by atoms with Crippen molar-refractivity contribution in [2.45, 2.75) is 32.3 Å². The summed E-state index contributed by atoms with van der Waals surface area (Å²) in [6.07, 6.45) is 5.13. The number of methoxy groups -OCH3 is 1. The molecule has 1 aliphatic rings. The van der Waals surface area contributed by atoms with E-state index in [1.54, 1.807) is 12.4 Å². The first-order valence-electron chi connectivity index (χ1n) is 9.20. The van der Waals surface area contributed by atoms with Gasteiger partial charge in [0.2, 0.25) is 5.91 Å². The molecule has 0 radical (unpaired) electrons. The molecule has 2 aromatic rings. The Labute approximate surface area is 159 Å². The van der Waals surface area contributed by atoms with Gasteiger partial charge < -0.3 is 19.1 Å². The lowest BCUT2D eigenvalue weighted by atomic mass is 10.1. The molecular formula is C20H25N3O4. The summed E-state index contributed by atoms with van der Waals surface area (Å²) < 4.78 is 16.6. The average Bonchev–Trinajstić information content (AvgIpc) is 2.70. The molecule has 1 atom stereocenters. The first kappa shape index (κ1) is 18.9. The molecule has 1 aromatic carbocycles. The average molecular weight is 371 g/mol. The summed E-state index contributed by atoms with van der Waals surface area (Å²) in [6.45, 7) is 3.86. The molecule has 0 aliphatic carbocycles. The highest BCUT2D eigenvalue weighted by atomic mass is 16.5. The van der Waals surface area contributed by atoms with Crippen LogP contribution in [0.2, 0.25) is 0 Å². The van der Waals surface area contributed by atoms with Gasteiger partial charge in [0.25, 0.3) is 11.8 Å². The van der Waals surface area contributed by atoms with Gasteiger partial charge in [-0.15, -0.1) is 0 Å². The van der Waals surface area contributed by atoms with E-state index in [9.17, 15) is 4.79 Å². The van der Waals surface area contributed by atoms with E-state index in [1.165, 1.54) is 7.11 Å². The summed E-state index contributed by atoms with van der Waals surface area (Å²) >= 11 is 0. The number of ether oxygens (including phenoxy) is 3. The Kier molecular flexibility index (Phi) is 6.46. The lowest BCUT2D eigenvalue weighted by Crippen LogP contribution is -2.45. The smallest absolute Gasteiger partial charge is 0.278 e. The van der Waals surface area contributed by atoms with Crippen molar-refractivity contribution in [2.24, 2.45) is 0 Å². The topological polar surface area (TPSA) is 73.8 Å². The van der Waals surface area contributed by atoms with E-state index in [0.717, 1.165) is 30.7 Å². The molecule has 3 rings (SSSR count). The Morgan fingerprint density at radius 2 is 1.93 bits per heavy atom.